The van der Waals surface area contributed by atoms with Gasteiger partial charge in [-0.15, -0.1) is 0 Å². The van der Waals surface area contributed by atoms with Crippen LogP contribution in [0.3, 0.4) is 0 Å². The number of aromatic hydroxyl groups is 1. The molecule has 1 aromatic carbocycles. The third-order valence-corrected chi connectivity index (χ3v) is 2.88. The van der Waals surface area contributed by atoms with Crippen LogP contribution in [0.25, 0.3) is 0 Å². The van der Waals surface area contributed by atoms with Crippen LogP contribution in [0, 0.1) is 6.92 Å². The highest BCUT2D eigenvalue weighted by Crippen LogP contribution is 2.39. The van der Waals surface area contributed by atoms with Crippen molar-refractivity contribution in [3.05, 3.63) is 29.3 Å². The summed E-state index contributed by atoms with van der Waals surface area (Å²) in [4.78, 5) is 0. The number of rotatable bonds is 1. The van der Waals surface area contributed by atoms with E-state index in [9.17, 15) is 5.11 Å². The summed E-state index contributed by atoms with van der Waals surface area (Å²) in [5.41, 5.74) is 8.14. The molecule has 0 saturated heterocycles. The lowest BCUT2D eigenvalue weighted by atomic mass is 9.72. The average Bonchev–Trinajstić information content (AvgIpc) is 1.98. The van der Waals surface area contributed by atoms with Crippen LogP contribution in [0.2, 0.25) is 0 Å². The van der Waals surface area contributed by atoms with E-state index in [1.165, 1.54) is 6.42 Å². The zero-order chi connectivity index (χ0) is 9.47. The van der Waals surface area contributed by atoms with E-state index < -0.39 is 0 Å². The number of aryl methyl sites for hydroxylation is 1. The van der Waals surface area contributed by atoms with Gasteiger partial charge in [0.2, 0.25) is 0 Å². The van der Waals surface area contributed by atoms with Gasteiger partial charge in [-0.05, 0) is 49.4 Å². The zero-order valence-corrected chi connectivity index (χ0v) is 7.88. The van der Waals surface area contributed by atoms with E-state index >= 15 is 0 Å². The van der Waals surface area contributed by atoms with Crippen molar-refractivity contribution < 1.29 is 5.11 Å². The molecule has 1 aliphatic rings. The van der Waals surface area contributed by atoms with Crippen molar-refractivity contribution in [2.24, 2.45) is 5.73 Å². The van der Waals surface area contributed by atoms with Crippen molar-refractivity contribution in [2.75, 3.05) is 0 Å². The number of phenols is 1. The van der Waals surface area contributed by atoms with Gasteiger partial charge in [0.25, 0.3) is 0 Å². The first-order chi connectivity index (χ1) is 6.10. The summed E-state index contributed by atoms with van der Waals surface area (Å²) in [5, 5.41) is 9.42. The molecule has 1 aliphatic carbocycles. The van der Waals surface area contributed by atoms with E-state index in [1.54, 1.807) is 12.1 Å². The molecule has 2 heteroatoms. The molecule has 2 nitrogen and oxygen atoms in total. The fraction of sp³-hybridized carbons (Fsp3) is 0.455. The Morgan fingerprint density at radius 3 is 2.46 bits per heavy atom. The molecule has 0 radical (unpaired) electrons. The number of hydrogen-bond acceptors (Lipinski definition) is 2. The first-order valence-corrected chi connectivity index (χ1v) is 4.70. The predicted molar refractivity (Wildman–Crippen MR) is 52.6 cm³/mol. The molecule has 1 saturated carbocycles. The minimum atomic E-state index is -0.163. The predicted octanol–water partition coefficient (Wildman–Crippen LogP) is 2.04. The number of benzene rings is 1. The molecular formula is C11H15NO. The zero-order valence-electron chi connectivity index (χ0n) is 7.88. The summed E-state index contributed by atoms with van der Waals surface area (Å²) < 4.78 is 0. The normalized spacial score (nSPS) is 19.5. The summed E-state index contributed by atoms with van der Waals surface area (Å²) in [5.74, 6) is 0.326. The Morgan fingerprint density at radius 1 is 1.31 bits per heavy atom. The highest BCUT2D eigenvalue weighted by molar-refractivity contribution is 5.37. The summed E-state index contributed by atoms with van der Waals surface area (Å²) >= 11 is 0. The van der Waals surface area contributed by atoms with Crippen LogP contribution in [-0.2, 0) is 5.54 Å². The quantitative estimate of drug-likeness (QED) is 0.689. The van der Waals surface area contributed by atoms with Gasteiger partial charge in [-0.25, -0.2) is 0 Å². The minimum absolute atomic E-state index is 0.163. The van der Waals surface area contributed by atoms with Crippen LogP contribution >= 0.6 is 0 Å². The molecular weight excluding hydrogens is 162 g/mol. The Kier molecular flexibility index (Phi) is 1.81. The van der Waals surface area contributed by atoms with Crippen molar-refractivity contribution in [3.63, 3.8) is 0 Å². The maximum atomic E-state index is 9.42. The second kappa shape index (κ2) is 2.74. The van der Waals surface area contributed by atoms with Crippen molar-refractivity contribution in [1.29, 1.82) is 0 Å². The van der Waals surface area contributed by atoms with Gasteiger partial charge in [-0.2, -0.15) is 0 Å². The maximum Gasteiger partial charge on any atom is 0.116 e. The Balaban J connectivity index is 2.39. The molecule has 0 amide bonds. The van der Waals surface area contributed by atoms with Gasteiger partial charge in [0, 0.05) is 5.54 Å². The molecule has 0 spiro atoms. The Labute approximate surface area is 78.4 Å². The molecule has 13 heavy (non-hydrogen) atoms. The number of hydrogen-bond donors (Lipinski definition) is 2. The monoisotopic (exact) mass is 177 g/mol. The molecule has 3 N–H and O–H groups in total. The summed E-state index contributed by atoms with van der Waals surface area (Å²) in [7, 11) is 0. The third kappa shape index (κ3) is 1.42. The van der Waals surface area contributed by atoms with Gasteiger partial charge in [0.1, 0.15) is 5.75 Å². The molecule has 0 aliphatic heterocycles. The van der Waals surface area contributed by atoms with Crippen LogP contribution in [0.1, 0.15) is 30.4 Å². The van der Waals surface area contributed by atoms with Gasteiger partial charge in [0.05, 0.1) is 0 Å². The lowest BCUT2D eigenvalue weighted by Gasteiger charge is -2.38. The van der Waals surface area contributed by atoms with Gasteiger partial charge in [-0.3, -0.25) is 0 Å². The molecule has 0 aromatic heterocycles. The summed E-state index contributed by atoms with van der Waals surface area (Å²) in [6, 6.07) is 5.61. The van der Waals surface area contributed by atoms with Crippen LogP contribution < -0.4 is 5.73 Å². The van der Waals surface area contributed by atoms with E-state index in [0.29, 0.717) is 5.75 Å². The van der Waals surface area contributed by atoms with Gasteiger partial charge in [-0.1, -0.05) is 6.07 Å². The SMILES string of the molecule is Cc1cc(O)cc(C2(N)CCC2)c1. The van der Waals surface area contributed by atoms with Crippen LogP contribution in [0.4, 0.5) is 0 Å². The Bertz CT molecular complexity index is 309. The molecule has 0 bridgehead atoms. The van der Waals surface area contributed by atoms with E-state index in [-0.39, 0.29) is 5.54 Å². The standard InChI is InChI=1S/C11H15NO/c1-8-5-9(7-10(13)6-8)11(12)3-2-4-11/h5-7,13H,2-4,12H2,1H3. The average molecular weight is 177 g/mol. The second-order valence-electron chi connectivity index (χ2n) is 4.07. The van der Waals surface area contributed by atoms with Gasteiger partial charge in [0.15, 0.2) is 0 Å². The lowest BCUT2D eigenvalue weighted by Crippen LogP contribution is -2.43. The van der Waals surface area contributed by atoms with Crippen LogP contribution in [0.5, 0.6) is 5.75 Å². The van der Waals surface area contributed by atoms with Crippen molar-refractivity contribution in [2.45, 2.75) is 31.7 Å². The van der Waals surface area contributed by atoms with Gasteiger partial charge < -0.3 is 10.8 Å². The van der Waals surface area contributed by atoms with Crippen LogP contribution in [0.15, 0.2) is 18.2 Å². The molecule has 0 atom stereocenters. The van der Waals surface area contributed by atoms with E-state index in [4.69, 9.17) is 5.73 Å². The topological polar surface area (TPSA) is 46.2 Å². The third-order valence-electron chi connectivity index (χ3n) is 2.88. The molecule has 1 fully saturated rings. The highest BCUT2D eigenvalue weighted by atomic mass is 16.3. The number of phenolic OH excluding ortho intramolecular Hbond substituents is 1. The van der Waals surface area contributed by atoms with E-state index in [2.05, 4.69) is 6.07 Å². The molecule has 2 rings (SSSR count). The van der Waals surface area contributed by atoms with Crippen LogP contribution in [-0.4, -0.2) is 5.11 Å². The molecule has 70 valence electrons. The van der Waals surface area contributed by atoms with Crippen molar-refractivity contribution >= 4 is 0 Å². The molecule has 0 unspecified atom stereocenters. The van der Waals surface area contributed by atoms with Gasteiger partial charge >= 0.3 is 0 Å². The molecule has 0 heterocycles. The first-order valence-electron chi connectivity index (χ1n) is 4.70. The van der Waals surface area contributed by atoms with Crippen molar-refractivity contribution in [3.8, 4) is 5.75 Å². The fourth-order valence-corrected chi connectivity index (χ4v) is 1.90. The van der Waals surface area contributed by atoms with Crippen molar-refractivity contribution in [1.82, 2.24) is 0 Å². The smallest absolute Gasteiger partial charge is 0.116 e. The maximum absolute atomic E-state index is 9.42. The largest absolute Gasteiger partial charge is 0.508 e. The number of nitrogens with two attached hydrogens (primary N) is 1. The lowest BCUT2D eigenvalue weighted by molar-refractivity contribution is 0.252. The minimum Gasteiger partial charge on any atom is -0.508 e. The highest BCUT2D eigenvalue weighted by Gasteiger charge is 2.34. The Hall–Kier alpha value is -1.02. The van der Waals surface area contributed by atoms with E-state index in [0.717, 1.165) is 24.0 Å². The Morgan fingerprint density at radius 2 is 2.00 bits per heavy atom. The fourth-order valence-electron chi connectivity index (χ4n) is 1.90. The first kappa shape index (κ1) is 8.57. The van der Waals surface area contributed by atoms with E-state index in [1.807, 2.05) is 6.92 Å². The summed E-state index contributed by atoms with van der Waals surface area (Å²) in [6.45, 7) is 1.98. The molecule has 1 aromatic rings. The second-order valence-corrected chi connectivity index (χ2v) is 4.07. The summed E-state index contributed by atoms with van der Waals surface area (Å²) in [6.07, 6.45) is 3.27.